The van der Waals surface area contributed by atoms with Crippen LogP contribution < -0.4 is 0 Å². The zero-order chi connectivity index (χ0) is 17.5. The number of carbonyl (C=O) groups excluding carboxylic acids is 2. The summed E-state index contributed by atoms with van der Waals surface area (Å²) in [5, 5.41) is 0. The first kappa shape index (κ1) is 17.7. The van der Waals surface area contributed by atoms with Gasteiger partial charge < -0.3 is 14.1 Å². The van der Waals surface area contributed by atoms with Gasteiger partial charge in [0.15, 0.2) is 6.61 Å². The van der Waals surface area contributed by atoms with Gasteiger partial charge in [-0.3, -0.25) is 9.59 Å². The summed E-state index contributed by atoms with van der Waals surface area (Å²) in [5.41, 5.74) is 0.709. The zero-order valence-corrected chi connectivity index (χ0v) is 13.7. The largest absolute Gasteiger partial charge is 0.467 e. The topological polar surface area (TPSA) is 59.8 Å². The maximum Gasteiger partial charge on any atom is 0.309 e. The number of halogens is 1. The van der Waals surface area contributed by atoms with Crippen molar-refractivity contribution in [3.63, 3.8) is 0 Å². The van der Waals surface area contributed by atoms with Gasteiger partial charge in [-0.25, -0.2) is 4.39 Å². The molecule has 6 heteroatoms. The molecule has 1 atom stereocenters. The molecule has 0 bridgehead atoms. The van der Waals surface area contributed by atoms with Gasteiger partial charge in [0.25, 0.3) is 5.91 Å². The maximum absolute atomic E-state index is 13.1. The van der Waals surface area contributed by atoms with Crippen LogP contribution in [0.3, 0.4) is 0 Å². The number of likely N-dealkylation sites (N-methyl/N-ethyl adjacent to an activating group) is 1. The molecule has 1 heterocycles. The Morgan fingerprint density at radius 2 is 2.08 bits per heavy atom. The number of esters is 1. The van der Waals surface area contributed by atoms with Gasteiger partial charge >= 0.3 is 5.97 Å². The highest BCUT2D eigenvalue weighted by molar-refractivity contribution is 5.81. The minimum absolute atomic E-state index is 0.308. The Kier molecular flexibility index (Phi) is 6.12. The molecule has 0 spiro atoms. The van der Waals surface area contributed by atoms with Crippen LogP contribution in [0.25, 0.3) is 0 Å². The van der Waals surface area contributed by atoms with E-state index in [9.17, 15) is 14.0 Å². The number of amides is 1. The van der Waals surface area contributed by atoms with Crippen LogP contribution in [0.2, 0.25) is 0 Å². The summed E-state index contributed by atoms with van der Waals surface area (Å²) in [6.45, 7) is 1.66. The van der Waals surface area contributed by atoms with Crippen LogP contribution in [0.5, 0.6) is 0 Å². The molecule has 1 aromatic heterocycles. The standard InChI is InChI=1S/C18H20FNO4/c1-13(9-14-5-3-6-15(19)10-14)18(22)24-12-17(21)20(2)11-16-7-4-8-23-16/h3-8,10,13H,9,11-12H2,1-2H3. The molecular formula is C18H20FNO4. The summed E-state index contributed by atoms with van der Waals surface area (Å²) in [6.07, 6.45) is 1.88. The Bertz CT molecular complexity index is 684. The second kappa shape index (κ2) is 8.29. The lowest BCUT2D eigenvalue weighted by atomic mass is 10.0. The van der Waals surface area contributed by atoms with Crippen molar-refractivity contribution in [1.82, 2.24) is 4.90 Å². The Morgan fingerprint density at radius 3 is 2.75 bits per heavy atom. The van der Waals surface area contributed by atoms with Gasteiger partial charge in [0.2, 0.25) is 0 Å². The van der Waals surface area contributed by atoms with E-state index in [0.29, 0.717) is 24.3 Å². The smallest absolute Gasteiger partial charge is 0.309 e. The fraction of sp³-hybridized carbons (Fsp3) is 0.333. The summed E-state index contributed by atoms with van der Waals surface area (Å²) >= 11 is 0. The van der Waals surface area contributed by atoms with E-state index in [1.165, 1.54) is 23.3 Å². The van der Waals surface area contributed by atoms with Gasteiger partial charge in [-0.2, -0.15) is 0 Å². The quantitative estimate of drug-likeness (QED) is 0.731. The predicted molar refractivity (Wildman–Crippen MR) is 85.4 cm³/mol. The molecule has 0 radical (unpaired) electrons. The number of benzene rings is 1. The van der Waals surface area contributed by atoms with Crippen LogP contribution in [0, 0.1) is 11.7 Å². The summed E-state index contributed by atoms with van der Waals surface area (Å²) in [6, 6.07) is 9.57. The van der Waals surface area contributed by atoms with E-state index in [2.05, 4.69) is 0 Å². The molecular weight excluding hydrogens is 313 g/mol. The van der Waals surface area contributed by atoms with Gasteiger partial charge in [0.05, 0.1) is 18.7 Å². The maximum atomic E-state index is 13.1. The van der Waals surface area contributed by atoms with Crippen LogP contribution in [0.4, 0.5) is 4.39 Å². The lowest BCUT2D eigenvalue weighted by Crippen LogP contribution is -2.31. The highest BCUT2D eigenvalue weighted by atomic mass is 19.1. The highest BCUT2D eigenvalue weighted by Gasteiger charge is 2.18. The molecule has 0 saturated heterocycles. The molecule has 2 rings (SSSR count). The second-order valence-corrected chi connectivity index (χ2v) is 5.67. The lowest BCUT2D eigenvalue weighted by Gasteiger charge is -2.17. The number of hydrogen-bond acceptors (Lipinski definition) is 4. The van der Waals surface area contributed by atoms with Crippen molar-refractivity contribution in [2.24, 2.45) is 5.92 Å². The van der Waals surface area contributed by atoms with Crippen LogP contribution in [0.15, 0.2) is 47.1 Å². The molecule has 1 aromatic carbocycles. The van der Waals surface area contributed by atoms with Crippen LogP contribution in [-0.2, 0) is 27.3 Å². The third kappa shape index (κ3) is 5.22. The summed E-state index contributed by atoms with van der Waals surface area (Å²) in [4.78, 5) is 25.3. The lowest BCUT2D eigenvalue weighted by molar-refractivity contribution is -0.154. The van der Waals surface area contributed by atoms with E-state index in [4.69, 9.17) is 9.15 Å². The van der Waals surface area contributed by atoms with E-state index in [1.54, 1.807) is 38.2 Å². The predicted octanol–water partition coefficient (Wildman–Crippen LogP) is 2.80. The van der Waals surface area contributed by atoms with Gasteiger partial charge in [0.1, 0.15) is 11.6 Å². The van der Waals surface area contributed by atoms with Crippen molar-refractivity contribution in [3.8, 4) is 0 Å². The SMILES string of the molecule is CC(Cc1cccc(F)c1)C(=O)OCC(=O)N(C)Cc1ccco1. The molecule has 24 heavy (non-hydrogen) atoms. The summed E-state index contributed by atoms with van der Waals surface area (Å²) < 4.78 is 23.4. The first-order valence-corrected chi connectivity index (χ1v) is 7.63. The monoisotopic (exact) mass is 333 g/mol. The van der Waals surface area contributed by atoms with Crippen molar-refractivity contribution >= 4 is 11.9 Å². The molecule has 0 aliphatic carbocycles. The van der Waals surface area contributed by atoms with E-state index < -0.39 is 11.9 Å². The second-order valence-electron chi connectivity index (χ2n) is 5.67. The third-order valence-corrected chi connectivity index (χ3v) is 3.57. The molecule has 128 valence electrons. The van der Waals surface area contributed by atoms with Crippen molar-refractivity contribution in [2.75, 3.05) is 13.7 Å². The summed E-state index contributed by atoms with van der Waals surface area (Å²) in [7, 11) is 1.61. The van der Waals surface area contributed by atoms with E-state index in [-0.39, 0.29) is 18.3 Å². The molecule has 0 aliphatic heterocycles. The van der Waals surface area contributed by atoms with Gasteiger partial charge in [-0.05, 0) is 36.2 Å². The van der Waals surface area contributed by atoms with Crippen molar-refractivity contribution in [3.05, 3.63) is 59.8 Å². The van der Waals surface area contributed by atoms with Gasteiger partial charge in [-0.15, -0.1) is 0 Å². The van der Waals surface area contributed by atoms with Crippen LogP contribution >= 0.6 is 0 Å². The Labute approximate surface area is 140 Å². The normalized spacial score (nSPS) is 11.8. The molecule has 0 fully saturated rings. The molecule has 0 saturated carbocycles. The van der Waals surface area contributed by atoms with Crippen LogP contribution in [-0.4, -0.2) is 30.4 Å². The van der Waals surface area contributed by atoms with E-state index in [0.717, 1.165) is 0 Å². The highest BCUT2D eigenvalue weighted by Crippen LogP contribution is 2.12. The first-order valence-electron chi connectivity index (χ1n) is 7.63. The molecule has 0 N–H and O–H groups in total. The Balaban J connectivity index is 1.78. The van der Waals surface area contributed by atoms with Gasteiger partial charge in [0, 0.05) is 7.05 Å². The molecule has 2 aromatic rings. The van der Waals surface area contributed by atoms with E-state index in [1.807, 2.05) is 0 Å². The zero-order valence-electron chi connectivity index (χ0n) is 13.7. The van der Waals surface area contributed by atoms with Crippen molar-refractivity contribution < 1.29 is 23.1 Å². The molecule has 1 unspecified atom stereocenters. The van der Waals surface area contributed by atoms with Crippen molar-refractivity contribution in [2.45, 2.75) is 19.9 Å². The number of nitrogens with zero attached hydrogens (tertiary/aromatic N) is 1. The molecule has 0 aliphatic rings. The fourth-order valence-electron chi connectivity index (χ4n) is 2.21. The average Bonchev–Trinajstić information content (AvgIpc) is 3.05. The fourth-order valence-corrected chi connectivity index (χ4v) is 2.21. The van der Waals surface area contributed by atoms with E-state index >= 15 is 0 Å². The first-order chi connectivity index (χ1) is 11.5. The Hall–Kier alpha value is -2.63. The minimum atomic E-state index is -0.487. The number of furan rings is 1. The number of hydrogen-bond donors (Lipinski definition) is 0. The van der Waals surface area contributed by atoms with Crippen molar-refractivity contribution in [1.29, 1.82) is 0 Å². The van der Waals surface area contributed by atoms with Crippen LogP contribution in [0.1, 0.15) is 18.2 Å². The number of carbonyl (C=O) groups is 2. The minimum Gasteiger partial charge on any atom is -0.467 e. The number of rotatable bonds is 7. The summed E-state index contributed by atoms with van der Waals surface area (Å²) in [5.74, 6) is -0.967. The molecule has 5 nitrogen and oxygen atoms in total. The Morgan fingerprint density at radius 1 is 1.29 bits per heavy atom. The molecule has 1 amide bonds. The average molecular weight is 333 g/mol. The number of ether oxygens (including phenoxy) is 1. The third-order valence-electron chi connectivity index (χ3n) is 3.57. The van der Waals surface area contributed by atoms with Gasteiger partial charge in [-0.1, -0.05) is 19.1 Å².